The first kappa shape index (κ1) is 12.5. The standard InChI is InChI=1S/C10H14N4O4/c15-7-3-8(10(17)18)14(4-7)9(16)1-2-13-6-11-5-12-13/h5-8,15H,1-4H2,(H,17,18)/t7?,8-/m0/s1. The van der Waals surface area contributed by atoms with E-state index in [-0.39, 0.29) is 25.3 Å². The van der Waals surface area contributed by atoms with Gasteiger partial charge in [0.05, 0.1) is 12.6 Å². The summed E-state index contributed by atoms with van der Waals surface area (Å²) in [6.07, 6.45) is 2.32. The normalized spacial score (nSPS) is 23.3. The fourth-order valence-corrected chi connectivity index (χ4v) is 2.03. The Bertz CT molecular complexity index is 433. The molecule has 2 N–H and O–H groups in total. The van der Waals surface area contributed by atoms with Crippen LogP contribution in [0.25, 0.3) is 0 Å². The molecule has 1 saturated heterocycles. The van der Waals surface area contributed by atoms with Gasteiger partial charge in [0.2, 0.25) is 5.91 Å². The number of carbonyl (C=O) groups is 2. The summed E-state index contributed by atoms with van der Waals surface area (Å²) in [6.45, 7) is 0.422. The van der Waals surface area contributed by atoms with Crippen molar-refractivity contribution in [2.45, 2.75) is 31.5 Å². The summed E-state index contributed by atoms with van der Waals surface area (Å²) in [5.74, 6) is -1.38. The number of aliphatic hydroxyl groups is 1. The number of aliphatic hydroxyl groups excluding tert-OH is 1. The lowest BCUT2D eigenvalue weighted by Crippen LogP contribution is -2.40. The first-order valence-corrected chi connectivity index (χ1v) is 5.60. The molecule has 0 bridgehead atoms. The van der Waals surface area contributed by atoms with Gasteiger partial charge in [0.15, 0.2) is 0 Å². The van der Waals surface area contributed by atoms with Gasteiger partial charge < -0.3 is 15.1 Å². The number of carboxylic acid groups (broad SMARTS) is 1. The van der Waals surface area contributed by atoms with Crippen molar-refractivity contribution in [2.75, 3.05) is 6.54 Å². The molecule has 1 aromatic rings. The zero-order valence-electron chi connectivity index (χ0n) is 9.64. The number of nitrogens with zero attached hydrogens (tertiary/aromatic N) is 4. The lowest BCUT2D eigenvalue weighted by Gasteiger charge is -2.20. The van der Waals surface area contributed by atoms with Gasteiger partial charge in [-0.25, -0.2) is 9.78 Å². The maximum absolute atomic E-state index is 11.9. The molecule has 0 radical (unpaired) electrons. The quantitative estimate of drug-likeness (QED) is 0.692. The SMILES string of the molecule is O=C(O)[C@@H]1CC(O)CN1C(=O)CCn1cncn1. The molecule has 8 heteroatoms. The molecule has 2 atom stereocenters. The molecule has 18 heavy (non-hydrogen) atoms. The Morgan fingerprint density at radius 2 is 2.22 bits per heavy atom. The molecule has 1 amide bonds. The number of carbonyl (C=O) groups excluding carboxylic acids is 1. The average molecular weight is 254 g/mol. The van der Waals surface area contributed by atoms with Gasteiger partial charge in [-0.1, -0.05) is 0 Å². The summed E-state index contributed by atoms with van der Waals surface area (Å²) >= 11 is 0. The Morgan fingerprint density at radius 3 is 2.83 bits per heavy atom. The molecular weight excluding hydrogens is 240 g/mol. The van der Waals surface area contributed by atoms with Gasteiger partial charge in [0.25, 0.3) is 0 Å². The summed E-state index contributed by atoms with van der Waals surface area (Å²) in [5, 5.41) is 22.3. The molecule has 0 aliphatic carbocycles. The van der Waals surface area contributed by atoms with Crippen LogP contribution in [0.5, 0.6) is 0 Å². The van der Waals surface area contributed by atoms with E-state index in [4.69, 9.17) is 5.11 Å². The Labute approximate surface area is 103 Å². The smallest absolute Gasteiger partial charge is 0.326 e. The number of hydrogen-bond acceptors (Lipinski definition) is 5. The van der Waals surface area contributed by atoms with Crippen LogP contribution in [0.3, 0.4) is 0 Å². The number of likely N-dealkylation sites (tertiary alicyclic amines) is 1. The van der Waals surface area contributed by atoms with E-state index in [1.165, 1.54) is 22.2 Å². The van der Waals surface area contributed by atoms with Crippen LogP contribution in [-0.4, -0.2) is 60.4 Å². The lowest BCUT2D eigenvalue weighted by atomic mass is 10.2. The van der Waals surface area contributed by atoms with Crippen molar-refractivity contribution in [1.29, 1.82) is 0 Å². The van der Waals surface area contributed by atoms with E-state index < -0.39 is 18.1 Å². The maximum atomic E-state index is 11.9. The summed E-state index contributed by atoms with van der Waals surface area (Å²) in [4.78, 5) is 27.8. The molecule has 0 spiro atoms. The number of carboxylic acids is 1. The average Bonchev–Trinajstić information content (AvgIpc) is 2.94. The second kappa shape index (κ2) is 5.13. The predicted octanol–water partition coefficient (Wildman–Crippen LogP) is -1.29. The van der Waals surface area contributed by atoms with Crippen LogP contribution < -0.4 is 0 Å². The Hall–Kier alpha value is -1.96. The topological polar surface area (TPSA) is 109 Å². The molecule has 8 nitrogen and oxygen atoms in total. The van der Waals surface area contributed by atoms with Gasteiger partial charge in [-0.15, -0.1) is 0 Å². The highest BCUT2D eigenvalue weighted by molar-refractivity contribution is 5.84. The summed E-state index contributed by atoms with van der Waals surface area (Å²) in [5.41, 5.74) is 0. The number of hydrogen-bond donors (Lipinski definition) is 2. The highest BCUT2D eigenvalue weighted by Gasteiger charge is 2.38. The fraction of sp³-hybridized carbons (Fsp3) is 0.600. The van der Waals surface area contributed by atoms with Crippen molar-refractivity contribution in [3.8, 4) is 0 Å². The van der Waals surface area contributed by atoms with Crippen molar-refractivity contribution in [2.24, 2.45) is 0 Å². The van der Waals surface area contributed by atoms with Crippen LogP contribution in [-0.2, 0) is 16.1 Å². The molecule has 2 rings (SSSR count). The van der Waals surface area contributed by atoms with Gasteiger partial charge >= 0.3 is 5.97 Å². The van der Waals surface area contributed by atoms with E-state index in [0.717, 1.165) is 0 Å². The van der Waals surface area contributed by atoms with E-state index >= 15 is 0 Å². The van der Waals surface area contributed by atoms with Gasteiger partial charge in [0, 0.05) is 19.4 Å². The molecule has 0 saturated carbocycles. The van der Waals surface area contributed by atoms with E-state index in [1.54, 1.807) is 0 Å². The van der Waals surface area contributed by atoms with Crippen LogP contribution in [0.1, 0.15) is 12.8 Å². The summed E-state index contributed by atoms with van der Waals surface area (Å²) in [6, 6.07) is -0.928. The van der Waals surface area contributed by atoms with Crippen LogP contribution in [0.2, 0.25) is 0 Å². The van der Waals surface area contributed by atoms with Crippen LogP contribution in [0.4, 0.5) is 0 Å². The Morgan fingerprint density at radius 1 is 1.44 bits per heavy atom. The third-order valence-electron chi connectivity index (χ3n) is 2.91. The van der Waals surface area contributed by atoms with E-state index in [2.05, 4.69) is 10.1 Å². The van der Waals surface area contributed by atoms with E-state index in [1.807, 2.05) is 0 Å². The highest BCUT2D eigenvalue weighted by atomic mass is 16.4. The minimum atomic E-state index is -1.08. The molecule has 1 aromatic heterocycles. The highest BCUT2D eigenvalue weighted by Crippen LogP contribution is 2.19. The van der Waals surface area contributed by atoms with Gasteiger partial charge in [-0.05, 0) is 0 Å². The number of aryl methyl sites for hydroxylation is 1. The van der Waals surface area contributed by atoms with Crippen LogP contribution in [0, 0.1) is 0 Å². The van der Waals surface area contributed by atoms with Gasteiger partial charge in [0.1, 0.15) is 18.7 Å². The second-order valence-electron chi connectivity index (χ2n) is 4.20. The molecule has 0 aromatic carbocycles. The van der Waals surface area contributed by atoms with Crippen LogP contribution >= 0.6 is 0 Å². The minimum Gasteiger partial charge on any atom is -0.480 e. The fourth-order valence-electron chi connectivity index (χ4n) is 2.03. The van der Waals surface area contributed by atoms with Crippen molar-refractivity contribution >= 4 is 11.9 Å². The molecule has 98 valence electrons. The van der Waals surface area contributed by atoms with Gasteiger partial charge in [-0.3, -0.25) is 9.48 Å². The number of aromatic nitrogens is 3. The largest absolute Gasteiger partial charge is 0.480 e. The van der Waals surface area contributed by atoms with Crippen LogP contribution in [0.15, 0.2) is 12.7 Å². The number of rotatable bonds is 4. The predicted molar refractivity (Wildman–Crippen MR) is 58.4 cm³/mol. The molecular formula is C10H14N4O4. The van der Waals surface area contributed by atoms with E-state index in [0.29, 0.717) is 6.54 Å². The molecule has 1 aliphatic rings. The Balaban J connectivity index is 1.93. The molecule has 2 heterocycles. The number of β-amino-alcohol motifs (C(OH)–C–C–N with tert-alkyl or cyclic N) is 1. The first-order valence-electron chi connectivity index (χ1n) is 5.60. The second-order valence-corrected chi connectivity index (χ2v) is 4.20. The molecule has 1 aliphatic heterocycles. The number of amides is 1. The zero-order chi connectivity index (χ0) is 13.1. The van der Waals surface area contributed by atoms with Crippen molar-refractivity contribution in [3.63, 3.8) is 0 Å². The lowest BCUT2D eigenvalue weighted by molar-refractivity contribution is -0.148. The third kappa shape index (κ3) is 2.65. The van der Waals surface area contributed by atoms with Gasteiger partial charge in [-0.2, -0.15) is 5.10 Å². The molecule has 1 unspecified atom stereocenters. The third-order valence-corrected chi connectivity index (χ3v) is 2.91. The van der Waals surface area contributed by atoms with Crippen molar-refractivity contribution < 1.29 is 19.8 Å². The summed E-state index contributed by atoms with van der Waals surface area (Å²) in [7, 11) is 0. The minimum absolute atomic E-state index is 0.0765. The zero-order valence-corrected chi connectivity index (χ0v) is 9.64. The van der Waals surface area contributed by atoms with Crippen molar-refractivity contribution in [3.05, 3.63) is 12.7 Å². The molecule has 1 fully saturated rings. The summed E-state index contributed by atoms with van der Waals surface area (Å²) < 4.78 is 1.50. The van der Waals surface area contributed by atoms with Crippen molar-refractivity contribution in [1.82, 2.24) is 19.7 Å². The maximum Gasteiger partial charge on any atom is 0.326 e. The Kier molecular flexibility index (Phi) is 3.56. The monoisotopic (exact) mass is 254 g/mol. The number of aliphatic carboxylic acids is 1. The van der Waals surface area contributed by atoms with E-state index in [9.17, 15) is 14.7 Å². The first-order chi connectivity index (χ1) is 8.58.